The zero-order valence-electron chi connectivity index (χ0n) is 7.88. The number of carbonyl (C=O) groups excluding carboxylic acids is 2. The number of aromatic nitrogens is 2. The van der Waals surface area contributed by atoms with Crippen molar-refractivity contribution in [3.05, 3.63) is 18.2 Å². The molecular weight excluding hydrogens is 182 g/mol. The first-order valence-corrected chi connectivity index (χ1v) is 4.41. The number of rotatable bonds is 3. The zero-order valence-corrected chi connectivity index (χ0v) is 7.88. The summed E-state index contributed by atoms with van der Waals surface area (Å²) in [5.74, 6) is 0.114. The van der Waals surface area contributed by atoms with E-state index in [1.807, 2.05) is 17.8 Å². The second kappa shape index (κ2) is 3.25. The number of Topliss-reactive ketones (excluding diaryl/α,β-unsaturated/α-hetero) is 1. The van der Waals surface area contributed by atoms with Gasteiger partial charge in [0.15, 0.2) is 5.78 Å². The summed E-state index contributed by atoms with van der Waals surface area (Å²) in [5, 5.41) is 0. The van der Waals surface area contributed by atoms with Crippen LogP contribution in [-0.4, -0.2) is 39.2 Å². The minimum atomic E-state index is -0.289. The Morgan fingerprint density at radius 3 is 3.00 bits per heavy atom. The van der Waals surface area contributed by atoms with Gasteiger partial charge in [-0.25, -0.2) is 4.98 Å². The number of amides is 1. The molecule has 2 rings (SSSR count). The number of hydrogen-bond acceptors (Lipinski definition) is 3. The van der Waals surface area contributed by atoms with E-state index < -0.39 is 0 Å². The Bertz CT molecular complexity index is 372. The van der Waals surface area contributed by atoms with Crippen molar-refractivity contribution in [1.82, 2.24) is 14.5 Å². The van der Waals surface area contributed by atoms with Gasteiger partial charge in [0.1, 0.15) is 0 Å². The molecule has 0 radical (unpaired) electrons. The van der Waals surface area contributed by atoms with Gasteiger partial charge in [0, 0.05) is 19.7 Å². The molecule has 14 heavy (non-hydrogen) atoms. The SMILES string of the molecule is Cn1cnc(C[C@H]2C(=O)CN2C=O)c1. The lowest BCUT2D eigenvalue weighted by atomic mass is 9.98. The molecule has 1 aromatic rings. The lowest BCUT2D eigenvalue weighted by molar-refractivity contribution is -0.144. The minimum Gasteiger partial charge on any atom is -0.340 e. The molecule has 1 aliphatic rings. The van der Waals surface area contributed by atoms with Gasteiger partial charge >= 0.3 is 0 Å². The van der Waals surface area contributed by atoms with Crippen LogP contribution in [0, 0.1) is 0 Å². The lowest BCUT2D eigenvalue weighted by Gasteiger charge is -2.35. The van der Waals surface area contributed by atoms with Gasteiger partial charge in [0.05, 0.1) is 24.6 Å². The number of imidazole rings is 1. The molecule has 74 valence electrons. The van der Waals surface area contributed by atoms with Gasteiger partial charge in [0.2, 0.25) is 6.41 Å². The molecule has 5 nitrogen and oxygen atoms in total. The molecule has 0 aromatic carbocycles. The fourth-order valence-electron chi connectivity index (χ4n) is 1.58. The van der Waals surface area contributed by atoms with E-state index in [9.17, 15) is 9.59 Å². The van der Waals surface area contributed by atoms with Crippen LogP contribution >= 0.6 is 0 Å². The van der Waals surface area contributed by atoms with Crippen LogP contribution in [0.2, 0.25) is 0 Å². The average Bonchev–Trinajstić information content (AvgIpc) is 2.57. The summed E-state index contributed by atoms with van der Waals surface area (Å²) in [4.78, 5) is 27.3. The highest BCUT2D eigenvalue weighted by Gasteiger charge is 2.36. The van der Waals surface area contributed by atoms with Gasteiger partial charge < -0.3 is 9.47 Å². The Morgan fingerprint density at radius 2 is 2.50 bits per heavy atom. The normalized spacial score (nSPS) is 20.8. The van der Waals surface area contributed by atoms with E-state index >= 15 is 0 Å². The van der Waals surface area contributed by atoms with E-state index in [1.54, 1.807) is 6.33 Å². The first-order chi connectivity index (χ1) is 6.70. The fraction of sp³-hybridized carbons (Fsp3) is 0.444. The second-order valence-corrected chi connectivity index (χ2v) is 3.49. The number of ketones is 1. The van der Waals surface area contributed by atoms with Crippen LogP contribution in [0.1, 0.15) is 5.69 Å². The quantitative estimate of drug-likeness (QED) is 0.601. The van der Waals surface area contributed by atoms with Crippen LogP contribution in [0.25, 0.3) is 0 Å². The molecule has 1 saturated heterocycles. The van der Waals surface area contributed by atoms with Crippen LogP contribution in [0.3, 0.4) is 0 Å². The first-order valence-electron chi connectivity index (χ1n) is 4.41. The third-order valence-electron chi connectivity index (χ3n) is 2.41. The van der Waals surface area contributed by atoms with Gasteiger partial charge in [-0.1, -0.05) is 0 Å². The molecule has 1 amide bonds. The van der Waals surface area contributed by atoms with Gasteiger partial charge in [0.25, 0.3) is 0 Å². The minimum absolute atomic E-state index is 0.114. The van der Waals surface area contributed by atoms with Crippen molar-refractivity contribution in [2.75, 3.05) is 6.54 Å². The summed E-state index contributed by atoms with van der Waals surface area (Å²) in [6, 6.07) is -0.289. The molecule has 0 saturated carbocycles. The molecule has 0 unspecified atom stereocenters. The second-order valence-electron chi connectivity index (χ2n) is 3.49. The maximum Gasteiger partial charge on any atom is 0.210 e. The van der Waals surface area contributed by atoms with Gasteiger partial charge in [-0.3, -0.25) is 9.59 Å². The predicted molar refractivity (Wildman–Crippen MR) is 48.5 cm³/mol. The van der Waals surface area contributed by atoms with Crippen molar-refractivity contribution < 1.29 is 9.59 Å². The molecule has 1 atom stereocenters. The van der Waals surface area contributed by atoms with E-state index in [1.165, 1.54) is 4.90 Å². The molecule has 0 bridgehead atoms. The van der Waals surface area contributed by atoms with Crippen LogP contribution in [-0.2, 0) is 23.1 Å². The third-order valence-corrected chi connectivity index (χ3v) is 2.41. The van der Waals surface area contributed by atoms with Crippen LogP contribution in [0.4, 0.5) is 0 Å². The number of carbonyl (C=O) groups is 2. The van der Waals surface area contributed by atoms with Crippen LogP contribution in [0.15, 0.2) is 12.5 Å². The van der Waals surface area contributed by atoms with E-state index in [0.29, 0.717) is 6.42 Å². The van der Waals surface area contributed by atoms with E-state index in [0.717, 1.165) is 12.1 Å². The summed E-state index contributed by atoms with van der Waals surface area (Å²) >= 11 is 0. The Balaban J connectivity index is 2.03. The molecule has 0 N–H and O–H groups in total. The number of likely N-dealkylation sites (tertiary alicyclic amines) is 1. The molecule has 2 heterocycles. The highest BCUT2D eigenvalue weighted by Crippen LogP contribution is 2.15. The zero-order chi connectivity index (χ0) is 10.1. The molecule has 0 spiro atoms. The molecular formula is C9H11N3O2. The lowest BCUT2D eigenvalue weighted by Crippen LogP contribution is -2.57. The largest absolute Gasteiger partial charge is 0.340 e. The first kappa shape index (κ1) is 8.93. The van der Waals surface area contributed by atoms with E-state index in [-0.39, 0.29) is 18.4 Å². The summed E-state index contributed by atoms with van der Waals surface area (Å²) in [5.41, 5.74) is 0.845. The van der Waals surface area contributed by atoms with Crippen molar-refractivity contribution in [1.29, 1.82) is 0 Å². The average molecular weight is 193 g/mol. The van der Waals surface area contributed by atoms with Crippen molar-refractivity contribution >= 4 is 12.2 Å². The molecule has 0 aliphatic carbocycles. The van der Waals surface area contributed by atoms with Crippen molar-refractivity contribution in [2.24, 2.45) is 7.05 Å². The van der Waals surface area contributed by atoms with Crippen molar-refractivity contribution in [3.63, 3.8) is 0 Å². The Labute approximate surface area is 81.3 Å². The van der Waals surface area contributed by atoms with Crippen molar-refractivity contribution in [3.8, 4) is 0 Å². The smallest absolute Gasteiger partial charge is 0.210 e. The summed E-state index contributed by atoms with van der Waals surface area (Å²) < 4.78 is 1.82. The van der Waals surface area contributed by atoms with E-state index in [4.69, 9.17) is 0 Å². The summed E-state index contributed by atoms with van der Waals surface area (Å²) in [6.45, 7) is 0.251. The Morgan fingerprint density at radius 1 is 1.71 bits per heavy atom. The molecule has 1 aliphatic heterocycles. The summed E-state index contributed by atoms with van der Waals surface area (Å²) in [7, 11) is 1.87. The Kier molecular flexibility index (Phi) is 2.07. The maximum atomic E-state index is 11.2. The topological polar surface area (TPSA) is 55.2 Å². The number of hydrogen-bond donors (Lipinski definition) is 0. The van der Waals surface area contributed by atoms with Crippen LogP contribution in [0.5, 0.6) is 0 Å². The molecule has 1 aromatic heterocycles. The molecule has 1 fully saturated rings. The molecule has 5 heteroatoms. The monoisotopic (exact) mass is 193 g/mol. The third kappa shape index (κ3) is 1.41. The standard InChI is InChI=1S/C9H11N3O2/c1-11-3-7(10-5-11)2-8-9(14)4-12(8)6-13/h3,5-6,8H,2,4H2,1H3/t8-/m0/s1. The summed E-state index contributed by atoms with van der Waals surface area (Å²) in [6.07, 6.45) is 4.78. The number of aryl methyl sites for hydroxylation is 1. The van der Waals surface area contributed by atoms with Gasteiger partial charge in [-0.15, -0.1) is 0 Å². The van der Waals surface area contributed by atoms with Gasteiger partial charge in [-0.05, 0) is 0 Å². The fourth-order valence-corrected chi connectivity index (χ4v) is 1.58. The number of nitrogens with zero attached hydrogens (tertiary/aromatic N) is 3. The maximum absolute atomic E-state index is 11.2. The van der Waals surface area contributed by atoms with E-state index in [2.05, 4.69) is 4.98 Å². The highest BCUT2D eigenvalue weighted by atomic mass is 16.2. The van der Waals surface area contributed by atoms with Crippen LogP contribution < -0.4 is 0 Å². The van der Waals surface area contributed by atoms with Gasteiger partial charge in [-0.2, -0.15) is 0 Å². The van der Waals surface area contributed by atoms with Crippen molar-refractivity contribution in [2.45, 2.75) is 12.5 Å². The predicted octanol–water partition coefficient (Wildman–Crippen LogP) is -0.628. The Hall–Kier alpha value is -1.65. The highest BCUT2D eigenvalue weighted by molar-refractivity contribution is 5.95.